The number of amides is 2. The molecular formula is C26H30N3O2+. The van der Waals surface area contributed by atoms with E-state index in [1.54, 1.807) is 7.05 Å². The number of carbonyl (C=O) groups is 2. The van der Waals surface area contributed by atoms with Crippen LogP contribution in [0.15, 0.2) is 78.9 Å². The van der Waals surface area contributed by atoms with Crippen LogP contribution in [0.1, 0.15) is 28.3 Å². The molecule has 0 bridgehead atoms. The van der Waals surface area contributed by atoms with E-state index in [9.17, 15) is 9.59 Å². The van der Waals surface area contributed by atoms with E-state index >= 15 is 0 Å². The van der Waals surface area contributed by atoms with Crippen LogP contribution in [0.2, 0.25) is 0 Å². The van der Waals surface area contributed by atoms with E-state index in [4.69, 9.17) is 0 Å². The Hall–Kier alpha value is -3.44. The van der Waals surface area contributed by atoms with E-state index in [1.165, 1.54) is 10.5 Å². The zero-order chi connectivity index (χ0) is 22.2. The highest BCUT2D eigenvalue weighted by atomic mass is 16.2. The summed E-state index contributed by atoms with van der Waals surface area (Å²) in [5, 5.41) is 4.86. The van der Waals surface area contributed by atoms with Gasteiger partial charge in [0, 0.05) is 23.9 Å². The fourth-order valence-corrected chi connectivity index (χ4v) is 3.41. The molecule has 0 fully saturated rings. The molecule has 0 aliphatic rings. The zero-order valence-corrected chi connectivity index (χ0v) is 18.3. The van der Waals surface area contributed by atoms with Crippen LogP contribution in [-0.2, 0) is 9.59 Å². The van der Waals surface area contributed by atoms with Gasteiger partial charge < -0.3 is 15.5 Å². The molecule has 0 radical (unpaired) electrons. The molecule has 160 valence electrons. The summed E-state index contributed by atoms with van der Waals surface area (Å²) in [6.07, 6.45) is 0. The van der Waals surface area contributed by atoms with Crippen LogP contribution in [0.3, 0.4) is 0 Å². The number of quaternary nitrogens is 1. The molecule has 0 unspecified atom stereocenters. The monoisotopic (exact) mass is 416 g/mol. The summed E-state index contributed by atoms with van der Waals surface area (Å²) in [5.74, 6) is -0.301. The summed E-state index contributed by atoms with van der Waals surface area (Å²) >= 11 is 0. The molecule has 0 saturated heterocycles. The fraction of sp³-hybridized carbons (Fsp3) is 0.231. The fourth-order valence-electron chi connectivity index (χ4n) is 3.41. The highest BCUT2D eigenvalue weighted by Crippen LogP contribution is 2.18. The Morgan fingerprint density at radius 2 is 1.39 bits per heavy atom. The van der Waals surface area contributed by atoms with Crippen molar-refractivity contribution in [3.05, 3.63) is 101 Å². The Bertz CT molecular complexity index is 999. The van der Waals surface area contributed by atoms with Gasteiger partial charge >= 0.3 is 0 Å². The third kappa shape index (κ3) is 6.52. The van der Waals surface area contributed by atoms with E-state index < -0.39 is 0 Å². The van der Waals surface area contributed by atoms with E-state index in [2.05, 4.69) is 48.6 Å². The Morgan fingerprint density at radius 3 is 2.00 bits per heavy atom. The zero-order valence-electron chi connectivity index (χ0n) is 18.3. The second kappa shape index (κ2) is 10.5. The SMILES string of the molecule is Cc1ccc(NC(=O)CN(C)C(=O)C[NH2+][C@H](c2ccccc2)c2ccc(C)cc2)cc1. The first-order valence-corrected chi connectivity index (χ1v) is 10.5. The van der Waals surface area contributed by atoms with E-state index in [0.717, 1.165) is 22.4 Å². The number of nitrogens with one attached hydrogen (secondary N) is 1. The number of likely N-dealkylation sites (N-methyl/N-ethyl adjacent to an activating group) is 1. The number of benzene rings is 3. The smallest absolute Gasteiger partial charge is 0.277 e. The largest absolute Gasteiger partial charge is 0.332 e. The molecule has 3 rings (SSSR count). The Morgan fingerprint density at radius 1 is 0.839 bits per heavy atom. The summed E-state index contributed by atoms with van der Waals surface area (Å²) in [5.41, 5.74) is 5.34. The number of carbonyl (C=O) groups excluding carboxylic acids is 2. The first kappa shape index (κ1) is 22.2. The molecular weight excluding hydrogens is 386 g/mol. The summed E-state index contributed by atoms with van der Waals surface area (Å²) < 4.78 is 0. The molecule has 0 aromatic heterocycles. The summed E-state index contributed by atoms with van der Waals surface area (Å²) in [6, 6.07) is 26.1. The number of hydrogen-bond donors (Lipinski definition) is 2. The van der Waals surface area contributed by atoms with Crippen LogP contribution < -0.4 is 10.6 Å². The number of hydrogen-bond acceptors (Lipinski definition) is 2. The lowest BCUT2D eigenvalue weighted by atomic mass is 9.98. The van der Waals surface area contributed by atoms with Gasteiger partial charge in [0.1, 0.15) is 6.04 Å². The van der Waals surface area contributed by atoms with Crippen LogP contribution in [-0.4, -0.2) is 36.9 Å². The average molecular weight is 417 g/mol. The first-order chi connectivity index (χ1) is 14.9. The van der Waals surface area contributed by atoms with Crippen molar-refractivity contribution in [2.45, 2.75) is 19.9 Å². The van der Waals surface area contributed by atoms with Crippen molar-refractivity contribution < 1.29 is 14.9 Å². The van der Waals surface area contributed by atoms with Crippen LogP contribution in [0, 0.1) is 13.8 Å². The van der Waals surface area contributed by atoms with Gasteiger partial charge in [0.2, 0.25) is 5.91 Å². The van der Waals surface area contributed by atoms with Gasteiger partial charge in [-0.15, -0.1) is 0 Å². The van der Waals surface area contributed by atoms with Crippen molar-refractivity contribution in [3.8, 4) is 0 Å². The minimum absolute atomic E-state index is 0.0144. The molecule has 5 heteroatoms. The van der Waals surface area contributed by atoms with Gasteiger partial charge in [-0.05, 0) is 26.0 Å². The number of nitrogens with zero attached hydrogens (tertiary/aromatic N) is 1. The van der Waals surface area contributed by atoms with Gasteiger partial charge in [0.15, 0.2) is 6.54 Å². The minimum Gasteiger partial charge on any atom is -0.332 e. The minimum atomic E-state index is -0.210. The molecule has 0 spiro atoms. The van der Waals surface area contributed by atoms with Crippen molar-refractivity contribution in [2.24, 2.45) is 0 Å². The molecule has 0 aliphatic heterocycles. The van der Waals surface area contributed by atoms with Crippen LogP contribution in [0.25, 0.3) is 0 Å². The Kier molecular flexibility index (Phi) is 7.57. The molecule has 3 aromatic carbocycles. The highest BCUT2D eigenvalue weighted by Gasteiger charge is 2.21. The summed E-state index contributed by atoms with van der Waals surface area (Å²) in [7, 11) is 1.66. The standard InChI is InChI=1S/C26H29N3O2/c1-19-9-13-22(14-10-19)26(21-7-5-4-6-8-21)27-17-25(31)29(3)18-24(30)28-23-15-11-20(2)12-16-23/h4-16,26-27H,17-18H2,1-3H3,(H,28,30)/p+1/t26-/m1/s1. The lowest BCUT2D eigenvalue weighted by Crippen LogP contribution is -2.87. The number of rotatable bonds is 8. The maximum atomic E-state index is 12.7. The van der Waals surface area contributed by atoms with Crippen molar-refractivity contribution >= 4 is 17.5 Å². The number of anilines is 1. The van der Waals surface area contributed by atoms with Gasteiger partial charge in [0.25, 0.3) is 5.91 Å². The number of aryl methyl sites for hydroxylation is 2. The molecule has 0 aliphatic carbocycles. The molecule has 31 heavy (non-hydrogen) atoms. The molecule has 3 aromatic rings. The summed E-state index contributed by atoms with van der Waals surface area (Å²) in [6.45, 7) is 4.32. The third-order valence-corrected chi connectivity index (χ3v) is 5.27. The maximum Gasteiger partial charge on any atom is 0.277 e. The lowest BCUT2D eigenvalue weighted by Gasteiger charge is -2.20. The maximum absolute atomic E-state index is 12.7. The van der Waals surface area contributed by atoms with Crippen molar-refractivity contribution in [1.29, 1.82) is 0 Å². The van der Waals surface area contributed by atoms with Crippen LogP contribution >= 0.6 is 0 Å². The van der Waals surface area contributed by atoms with Crippen LogP contribution in [0.5, 0.6) is 0 Å². The Labute approximate surface area is 184 Å². The van der Waals surface area contributed by atoms with E-state index in [1.807, 2.05) is 54.7 Å². The van der Waals surface area contributed by atoms with Crippen molar-refractivity contribution in [2.75, 3.05) is 25.5 Å². The first-order valence-electron chi connectivity index (χ1n) is 10.5. The number of nitrogens with two attached hydrogens (primary N) is 1. The summed E-state index contributed by atoms with van der Waals surface area (Å²) in [4.78, 5) is 26.5. The molecule has 2 amide bonds. The average Bonchev–Trinajstić information content (AvgIpc) is 2.77. The van der Waals surface area contributed by atoms with Gasteiger partial charge in [-0.25, -0.2) is 0 Å². The van der Waals surface area contributed by atoms with Gasteiger partial charge in [0.05, 0.1) is 6.54 Å². The van der Waals surface area contributed by atoms with Gasteiger partial charge in [-0.1, -0.05) is 77.9 Å². The van der Waals surface area contributed by atoms with Gasteiger partial charge in [-0.2, -0.15) is 0 Å². The second-order valence-corrected chi connectivity index (χ2v) is 7.90. The highest BCUT2D eigenvalue weighted by molar-refractivity contribution is 5.94. The normalized spacial score (nSPS) is 11.6. The van der Waals surface area contributed by atoms with E-state index in [0.29, 0.717) is 0 Å². The molecule has 1 atom stereocenters. The quantitative estimate of drug-likeness (QED) is 0.593. The van der Waals surface area contributed by atoms with Crippen molar-refractivity contribution in [3.63, 3.8) is 0 Å². The molecule has 0 heterocycles. The molecule has 0 saturated carbocycles. The van der Waals surface area contributed by atoms with Gasteiger partial charge in [-0.3, -0.25) is 9.59 Å². The third-order valence-electron chi connectivity index (χ3n) is 5.27. The van der Waals surface area contributed by atoms with Crippen molar-refractivity contribution in [1.82, 2.24) is 4.90 Å². The molecule has 5 nitrogen and oxygen atoms in total. The van der Waals surface area contributed by atoms with E-state index in [-0.39, 0.29) is 30.9 Å². The lowest BCUT2D eigenvalue weighted by molar-refractivity contribution is -0.677. The predicted octanol–water partition coefficient (Wildman–Crippen LogP) is 3.05. The van der Waals surface area contributed by atoms with Crippen LogP contribution in [0.4, 0.5) is 5.69 Å². The second-order valence-electron chi connectivity index (χ2n) is 7.90. The molecule has 3 N–H and O–H groups in total. The topological polar surface area (TPSA) is 66.0 Å². The predicted molar refractivity (Wildman–Crippen MR) is 124 cm³/mol. The Balaban J connectivity index is 1.60.